The number of aromatic nitrogens is 1. The van der Waals surface area contributed by atoms with Gasteiger partial charge in [-0.3, -0.25) is 14.9 Å². The summed E-state index contributed by atoms with van der Waals surface area (Å²) in [6.45, 7) is 0.318. The summed E-state index contributed by atoms with van der Waals surface area (Å²) < 4.78 is 5.32. The van der Waals surface area contributed by atoms with Crippen molar-refractivity contribution in [2.24, 2.45) is 5.73 Å². The first-order chi connectivity index (χ1) is 10.1. The number of ether oxygens (including phenoxy) is 1. The Hall–Kier alpha value is -2.25. The maximum absolute atomic E-state index is 11.7. The molecule has 6 nitrogen and oxygen atoms in total. The zero-order valence-electron chi connectivity index (χ0n) is 11.2. The largest absolute Gasteiger partial charge is 0.369 e. The third-order valence-electron chi connectivity index (χ3n) is 2.50. The second kappa shape index (κ2) is 7.51. The predicted molar refractivity (Wildman–Crippen MR) is 79.7 cm³/mol. The van der Waals surface area contributed by atoms with Gasteiger partial charge < -0.3 is 10.5 Å². The Bertz CT molecular complexity index is 613. The van der Waals surface area contributed by atoms with E-state index in [0.29, 0.717) is 17.4 Å². The second-order valence-corrected chi connectivity index (χ2v) is 5.17. The first-order valence-electron chi connectivity index (χ1n) is 6.27. The quantitative estimate of drug-likeness (QED) is 0.806. The molecule has 0 saturated carbocycles. The third kappa shape index (κ3) is 5.33. The number of nitrogens with one attached hydrogen (secondary N) is 1. The monoisotopic (exact) mass is 305 g/mol. The Labute approximate surface area is 125 Å². The average Bonchev–Trinajstić information content (AvgIpc) is 2.86. The van der Waals surface area contributed by atoms with Crippen molar-refractivity contribution in [1.82, 2.24) is 4.98 Å². The number of hydrogen-bond acceptors (Lipinski definition) is 5. The molecule has 0 saturated heterocycles. The molecule has 0 spiro atoms. The number of nitrogens with two attached hydrogens (primary N) is 1. The van der Waals surface area contributed by atoms with Crippen LogP contribution in [0.4, 0.5) is 5.13 Å². The molecule has 7 heteroatoms. The fourth-order valence-electron chi connectivity index (χ4n) is 1.62. The molecule has 110 valence electrons. The van der Waals surface area contributed by atoms with Crippen molar-refractivity contribution >= 4 is 28.3 Å². The number of anilines is 1. The van der Waals surface area contributed by atoms with Gasteiger partial charge >= 0.3 is 0 Å². The fourth-order valence-corrected chi connectivity index (χ4v) is 2.34. The normalized spacial score (nSPS) is 10.3. The summed E-state index contributed by atoms with van der Waals surface area (Å²) in [5.74, 6) is -0.740. The molecule has 0 aliphatic carbocycles. The van der Waals surface area contributed by atoms with Crippen LogP contribution in [-0.2, 0) is 27.4 Å². The molecule has 0 atom stereocenters. The van der Waals surface area contributed by atoms with Gasteiger partial charge in [0.2, 0.25) is 5.91 Å². The van der Waals surface area contributed by atoms with Crippen molar-refractivity contribution in [3.8, 4) is 0 Å². The first-order valence-corrected chi connectivity index (χ1v) is 7.15. The summed E-state index contributed by atoms with van der Waals surface area (Å²) in [5, 5.41) is 4.73. The van der Waals surface area contributed by atoms with Crippen LogP contribution < -0.4 is 11.1 Å². The lowest BCUT2D eigenvalue weighted by Gasteiger charge is -2.04. The number of hydrogen-bond donors (Lipinski definition) is 2. The molecule has 1 heterocycles. The second-order valence-electron chi connectivity index (χ2n) is 4.31. The maximum Gasteiger partial charge on any atom is 0.252 e. The van der Waals surface area contributed by atoms with Crippen LogP contribution >= 0.6 is 11.3 Å². The van der Waals surface area contributed by atoms with E-state index in [9.17, 15) is 9.59 Å². The van der Waals surface area contributed by atoms with Gasteiger partial charge in [0.25, 0.3) is 5.91 Å². The Kier molecular flexibility index (Phi) is 5.42. The Morgan fingerprint density at radius 1 is 1.29 bits per heavy atom. The van der Waals surface area contributed by atoms with E-state index in [0.717, 1.165) is 5.56 Å². The lowest BCUT2D eigenvalue weighted by molar-refractivity contribution is -0.121. The van der Waals surface area contributed by atoms with Gasteiger partial charge in [-0.2, -0.15) is 0 Å². The van der Waals surface area contributed by atoms with E-state index in [1.165, 1.54) is 11.3 Å². The summed E-state index contributed by atoms with van der Waals surface area (Å²) in [7, 11) is 0. The van der Waals surface area contributed by atoms with Gasteiger partial charge in [-0.05, 0) is 5.56 Å². The Balaban J connectivity index is 1.74. The number of benzene rings is 1. The van der Waals surface area contributed by atoms with Crippen LogP contribution in [0.2, 0.25) is 0 Å². The molecule has 0 aliphatic heterocycles. The third-order valence-corrected chi connectivity index (χ3v) is 3.30. The van der Waals surface area contributed by atoms with Crippen molar-refractivity contribution < 1.29 is 14.3 Å². The van der Waals surface area contributed by atoms with E-state index in [1.54, 1.807) is 5.38 Å². The predicted octanol–water partition coefficient (Wildman–Crippen LogP) is 1.33. The van der Waals surface area contributed by atoms with Crippen LogP contribution in [0.1, 0.15) is 11.3 Å². The van der Waals surface area contributed by atoms with E-state index >= 15 is 0 Å². The highest BCUT2D eigenvalue weighted by atomic mass is 32.1. The number of nitrogens with zero attached hydrogens (tertiary/aromatic N) is 1. The van der Waals surface area contributed by atoms with Gasteiger partial charge in [-0.1, -0.05) is 30.3 Å². The van der Waals surface area contributed by atoms with Crippen LogP contribution in [0.3, 0.4) is 0 Å². The standard InChI is InChI=1S/C14H15N3O3S/c15-12(18)6-11-9-21-14(16-11)17-13(19)8-20-7-10-4-2-1-3-5-10/h1-5,9H,6-8H2,(H2,15,18)(H,16,17,19). The zero-order valence-corrected chi connectivity index (χ0v) is 12.1. The van der Waals surface area contributed by atoms with Gasteiger partial charge in [0.15, 0.2) is 5.13 Å². The lowest BCUT2D eigenvalue weighted by atomic mass is 10.2. The van der Waals surface area contributed by atoms with Crippen molar-refractivity contribution in [2.75, 3.05) is 11.9 Å². The Morgan fingerprint density at radius 3 is 2.76 bits per heavy atom. The topological polar surface area (TPSA) is 94.3 Å². The van der Waals surface area contributed by atoms with E-state index in [1.807, 2.05) is 30.3 Å². The molecule has 1 aromatic carbocycles. The van der Waals surface area contributed by atoms with Gasteiger partial charge in [0.05, 0.1) is 18.7 Å². The van der Waals surface area contributed by atoms with E-state index in [-0.39, 0.29) is 18.9 Å². The molecule has 1 aromatic heterocycles. The molecule has 0 unspecified atom stereocenters. The number of carbonyl (C=O) groups is 2. The molecule has 0 bridgehead atoms. The van der Waals surface area contributed by atoms with Crippen molar-refractivity contribution in [2.45, 2.75) is 13.0 Å². The number of amides is 2. The SMILES string of the molecule is NC(=O)Cc1csc(NC(=O)COCc2ccccc2)n1. The number of primary amides is 1. The van der Waals surface area contributed by atoms with Crippen LogP contribution in [0.15, 0.2) is 35.7 Å². The number of carbonyl (C=O) groups excluding carboxylic acids is 2. The molecule has 0 radical (unpaired) electrons. The van der Waals surface area contributed by atoms with Crippen molar-refractivity contribution in [1.29, 1.82) is 0 Å². The van der Waals surface area contributed by atoms with E-state index in [2.05, 4.69) is 10.3 Å². The minimum Gasteiger partial charge on any atom is -0.369 e. The van der Waals surface area contributed by atoms with Crippen LogP contribution in [0, 0.1) is 0 Å². The van der Waals surface area contributed by atoms with Crippen LogP contribution in [0.25, 0.3) is 0 Å². The number of thiazole rings is 1. The fraction of sp³-hybridized carbons (Fsp3) is 0.214. The average molecular weight is 305 g/mol. The molecular formula is C14H15N3O3S. The van der Waals surface area contributed by atoms with Gasteiger partial charge in [0.1, 0.15) is 6.61 Å². The first kappa shape index (κ1) is 15.1. The molecule has 0 fully saturated rings. The highest BCUT2D eigenvalue weighted by Gasteiger charge is 2.08. The van der Waals surface area contributed by atoms with Crippen LogP contribution in [0.5, 0.6) is 0 Å². The minimum absolute atomic E-state index is 0.0559. The van der Waals surface area contributed by atoms with Gasteiger partial charge in [0, 0.05) is 5.38 Å². The van der Waals surface area contributed by atoms with Crippen molar-refractivity contribution in [3.63, 3.8) is 0 Å². The zero-order chi connectivity index (χ0) is 15.1. The molecule has 2 amide bonds. The summed E-state index contributed by atoms with van der Waals surface area (Å²) in [6, 6.07) is 9.59. The molecule has 3 N–H and O–H groups in total. The van der Waals surface area contributed by atoms with Crippen molar-refractivity contribution in [3.05, 3.63) is 47.0 Å². The van der Waals surface area contributed by atoms with E-state index < -0.39 is 5.91 Å². The van der Waals surface area contributed by atoms with Gasteiger partial charge in [-0.15, -0.1) is 11.3 Å². The smallest absolute Gasteiger partial charge is 0.252 e. The molecular weight excluding hydrogens is 290 g/mol. The molecule has 0 aliphatic rings. The van der Waals surface area contributed by atoms with Crippen LogP contribution in [-0.4, -0.2) is 23.4 Å². The summed E-state index contributed by atoms with van der Waals surface area (Å²) in [6.07, 6.45) is 0.0663. The number of rotatable bonds is 7. The summed E-state index contributed by atoms with van der Waals surface area (Å²) in [5.41, 5.74) is 6.63. The summed E-state index contributed by atoms with van der Waals surface area (Å²) in [4.78, 5) is 26.5. The molecule has 21 heavy (non-hydrogen) atoms. The highest BCUT2D eigenvalue weighted by molar-refractivity contribution is 7.13. The maximum atomic E-state index is 11.7. The van der Waals surface area contributed by atoms with Gasteiger partial charge in [-0.25, -0.2) is 4.98 Å². The molecule has 2 rings (SSSR count). The van der Waals surface area contributed by atoms with E-state index in [4.69, 9.17) is 10.5 Å². The lowest BCUT2D eigenvalue weighted by Crippen LogP contribution is -2.18. The highest BCUT2D eigenvalue weighted by Crippen LogP contribution is 2.15. The summed E-state index contributed by atoms with van der Waals surface area (Å²) >= 11 is 1.24. The minimum atomic E-state index is -0.454. The molecule has 2 aromatic rings. The Morgan fingerprint density at radius 2 is 2.05 bits per heavy atom.